The van der Waals surface area contributed by atoms with E-state index in [4.69, 9.17) is 19.3 Å². The first-order chi connectivity index (χ1) is 13.8. The number of hydrogen-bond donors (Lipinski definition) is 2. The number of rotatable bonds is 9. The molecule has 1 aliphatic heterocycles. The van der Waals surface area contributed by atoms with Crippen LogP contribution < -0.4 is 14.2 Å². The smallest absolute Gasteiger partial charge is 0.305 e. The third kappa shape index (κ3) is 5.18. The minimum absolute atomic E-state index is 0.0649. The lowest BCUT2D eigenvalue weighted by Gasteiger charge is -2.30. The Hall–Kier alpha value is -2.78. The lowest BCUT2D eigenvalue weighted by atomic mass is 9.90. The van der Waals surface area contributed by atoms with E-state index in [1.165, 1.54) is 0 Å². The van der Waals surface area contributed by atoms with Crippen LogP contribution in [0.15, 0.2) is 36.4 Å². The minimum Gasteiger partial charge on any atom is -0.496 e. The van der Waals surface area contributed by atoms with Crippen LogP contribution in [0.4, 0.5) is 5.69 Å². The second kappa shape index (κ2) is 8.71. The largest absolute Gasteiger partial charge is 0.496 e. The molecule has 3 rings (SSSR count). The molecule has 2 aromatic rings. The number of hydrogen-bond acceptors (Lipinski definition) is 6. The standard InChI is InChI=1S/C20H23NO7S/c1-26-17-4-3-5-18-20(17)14-7-6-13(21-29(2,24)25)12-15(14)16(28-18)8-10-27-11-9-19(22)23/h3-7,12,16,21H,8-11H2,1-2H3,(H,22,23). The number of aliphatic carboxylic acids is 1. The van der Waals surface area contributed by atoms with E-state index in [1.54, 1.807) is 19.2 Å². The van der Waals surface area contributed by atoms with Crippen LogP contribution in [0.5, 0.6) is 11.5 Å². The van der Waals surface area contributed by atoms with Gasteiger partial charge in [-0.3, -0.25) is 9.52 Å². The highest BCUT2D eigenvalue weighted by atomic mass is 32.2. The Morgan fingerprint density at radius 1 is 1.24 bits per heavy atom. The molecule has 0 amide bonds. The minimum atomic E-state index is -3.42. The average molecular weight is 421 g/mol. The molecule has 1 unspecified atom stereocenters. The van der Waals surface area contributed by atoms with Crippen molar-refractivity contribution in [1.82, 2.24) is 0 Å². The number of carboxylic acids is 1. The van der Waals surface area contributed by atoms with Gasteiger partial charge < -0.3 is 19.3 Å². The molecule has 2 N–H and O–H groups in total. The van der Waals surface area contributed by atoms with Gasteiger partial charge in [-0.2, -0.15) is 0 Å². The van der Waals surface area contributed by atoms with Crippen molar-refractivity contribution >= 4 is 21.7 Å². The summed E-state index contributed by atoms with van der Waals surface area (Å²) < 4.78 is 42.8. The van der Waals surface area contributed by atoms with Gasteiger partial charge in [0.2, 0.25) is 10.0 Å². The summed E-state index contributed by atoms with van der Waals surface area (Å²) >= 11 is 0. The first-order valence-electron chi connectivity index (χ1n) is 9.04. The summed E-state index contributed by atoms with van der Waals surface area (Å²) in [7, 11) is -1.84. The Bertz CT molecular complexity index is 1000. The molecule has 0 bridgehead atoms. The number of anilines is 1. The highest BCUT2D eigenvalue weighted by molar-refractivity contribution is 7.92. The van der Waals surface area contributed by atoms with E-state index in [2.05, 4.69) is 4.72 Å². The van der Waals surface area contributed by atoms with Gasteiger partial charge in [-0.15, -0.1) is 0 Å². The van der Waals surface area contributed by atoms with Gasteiger partial charge in [0.25, 0.3) is 0 Å². The molecule has 0 fully saturated rings. The normalized spacial score (nSPS) is 15.0. The van der Waals surface area contributed by atoms with Gasteiger partial charge in [0.15, 0.2) is 0 Å². The molecule has 9 heteroatoms. The summed E-state index contributed by atoms with van der Waals surface area (Å²) in [5.41, 5.74) is 2.93. The van der Waals surface area contributed by atoms with E-state index in [1.807, 2.05) is 24.3 Å². The molecule has 1 heterocycles. The van der Waals surface area contributed by atoms with Crippen molar-refractivity contribution in [2.75, 3.05) is 31.3 Å². The van der Waals surface area contributed by atoms with Crippen LogP contribution >= 0.6 is 0 Å². The topological polar surface area (TPSA) is 111 Å². The van der Waals surface area contributed by atoms with Crippen LogP contribution in [-0.2, 0) is 19.6 Å². The van der Waals surface area contributed by atoms with Crippen molar-refractivity contribution in [2.45, 2.75) is 18.9 Å². The van der Waals surface area contributed by atoms with Crippen LogP contribution in [0.1, 0.15) is 24.5 Å². The fraction of sp³-hybridized carbons (Fsp3) is 0.350. The Morgan fingerprint density at radius 2 is 2.03 bits per heavy atom. The van der Waals surface area contributed by atoms with E-state index >= 15 is 0 Å². The van der Waals surface area contributed by atoms with Crippen LogP contribution in [0.25, 0.3) is 11.1 Å². The summed E-state index contributed by atoms with van der Waals surface area (Å²) in [5, 5.41) is 8.70. The number of methoxy groups -OCH3 is 1. The first kappa shape index (κ1) is 20.9. The molecule has 29 heavy (non-hydrogen) atoms. The maximum atomic E-state index is 11.6. The molecule has 0 aliphatic carbocycles. The van der Waals surface area contributed by atoms with Crippen molar-refractivity contribution in [1.29, 1.82) is 0 Å². The highest BCUT2D eigenvalue weighted by Crippen LogP contribution is 2.48. The van der Waals surface area contributed by atoms with Gasteiger partial charge in [0, 0.05) is 17.7 Å². The molecule has 1 atom stereocenters. The van der Waals surface area contributed by atoms with Gasteiger partial charge in [0.05, 0.1) is 38.6 Å². The zero-order valence-corrected chi connectivity index (χ0v) is 17.0. The third-order valence-electron chi connectivity index (χ3n) is 4.43. The fourth-order valence-electron chi connectivity index (χ4n) is 3.26. The molecule has 8 nitrogen and oxygen atoms in total. The van der Waals surface area contributed by atoms with Crippen LogP contribution in [0.3, 0.4) is 0 Å². The van der Waals surface area contributed by atoms with Crippen LogP contribution in [-0.4, -0.2) is 46.1 Å². The van der Waals surface area contributed by atoms with Gasteiger partial charge in [-0.05, 0) is 29.8 Å². The number of sulfonamides is 1. The summed E-state index contributed by atoms with van der Waals surface area (Å²) in [6, 6.07) is 10.8. The van der Waals surface area contributed by atoms with E-state index < -0.39 is 16.0 Å². The molecule has 0 spiro atoms. The van der Waals surface area contributed by atoms with Gasteiger partial charge in [-0.25, -0.2) is 8.42 Å². The van der Waals surface area contributed by atoms with Crippen molar-refractivity contribution in [2.24, 2.45) is 0 Å². The Labute approximate surface area is 169 Å². The van der Waals surface area contributed by atoms with E-state index in [-0.39, 0.29) is 19.1 Å². The summed E-state index contributed by atoms with van der Waals surface area (Å²) in [4.78, 5) is 10.6. The molecule has 0 aromatic heterocycles. The highest BCUT2D eigenvalue weighted by Gasteiger charge is 2.29. The lowest BCUT2D eigenvalue weighted by Crippen LogP contribution is -2.18. The SMILES string of the molecule is COc1cccc2c1-c1ccc(NS(C)(=O)=O)cc1C(CCOCCC(=O)O)O2. The fourth-order valence-corrected chi connectivity index (χ4v) is 3.82. The van der Waals surface area contributed by atoms with Gasteiger partial charge in [0.1, 0.15) is 17.6 Å². The van der Waals surface area contributed by atoms with Crippen molar-refractivity contribution < 1.29 is 32.5 Å². The molecule has 0 saturated carbocycles. The second-order valence-corrected chi connectivity index (χ2v) is 8.41. The second-order valence-electron chi connectivity index (χ2n) is 6.66. The van der Waals surface area contributed by atoms with E-state index in [0.29, 0.717) is 30.2 Å². The molecule has 2 aromatic carbocycles. The Kier molecular flexibility index (Phi) is 6.29. The number of nitrogens with one attached hydrogen (secondary N) is 1. The van der Waals surface area contributed by atoms with Crippen molar-refractivity contribution in [3.8, 4) is 22.6 Å². The third-order valence-corrected chi connectivity index (χ3v) is 5.04. The van der Waals surface area contributed by atoms with Gasteiger partial charge >= 0.3 is 5.97 Å². The molecule has 156 valence electrons. The molecule has 0 radical (unpaired) electrons. The maximum Gasteiger partial charge on any atom is 0.305 e. The predicted molar refractivity (Wildman–Crippen MR) is 108 cm³/mol. The average Bonchev–Trinajstić information content (AvgIpc) is 2.65. The number of carbonyl (C=O) groups is 1. The predicted octanol–water partition coefficient (Wildman–Crippen LogP) is 3.05. The maximum absolute atomic E-state index is 11.6. The van der Waals surface area contributed by atoms with E-state index in [0.717, 1.165) is 22.9 Å². The molecular formula is C20H23NO7S. The Balaban J connectivity index is 1.91. The monoisotopic (exact) mass is 421 g/mol. The van der Waals surface area contributed by atoms with Crippen LogP contribution in [0.2, 0.25) is 0 Å². The number of carboxylic acid groups (broad SMARTS) is 1. The van der Waals surface area contributed by atoms with E-state index in [9.17, 15) is 13.2 Å². The summed E-state index contributed by atoms with van der Waals surface area (Å²) in [6.07, 6.45) is 1.13. The molecular weight excluding hydrogens is 398 g/mol. The first-order valence-corrected chi connectivity index (χ1v) is 10.9. The molecule has 1 aliphatic rings. The van der Waals surface area contributed by atoms with Gasteiger partial charge in [-0.1, -0.05) is 12.1 Å². The number of benzene rings is 2. The number of fused-ring (bicyclic) bond motifs is 3. The zero-order valence-electron chi connectivity index (χ0n) is 16.2. The number of ether oxygens (including phenoxy) is 3. The van der Waals surface area contributed by atoms with Crippen molar-refractivity contribution in [3.63, 3.8) is 0 Å². The Morgan fingerprint density at radius 3 is 2.72 bits per heavy atom. The van der Waals surface area contributed by atoms with Crippen molar-refractivity contribution in [3.05, 3.63) is 42.0 Å². The summed E-state index contributed by atoms with van der Waals surface area (Å²) in [5.74, 6) is 0.404. The quantitative estimate of drug-likeness (QED) is 0.599. The summed E-state index contributed by atoms with van der Waals surface area (Å²) in [6.45, 7) is 0.426. The zero-order chi connectivity index (χ0) is 21.0. The lowest BCUT2D eigenvalue weighted by molar-refractivity contribution is -0.138. The molecule has 0 saturated heterocycles. The van der Waals surface area contributed by atoms with Crippen LogP contribution in [0, 0.1) is 0 Å².